The molecule has 4 unspecified atom stereocenters. The molecule has 0 aromatic carbocycles. The molecule has 0 aromatic heterocycles. The van der Waals surface area contributed by atoms with Gasteiger partial charge >= 0.3 is 11.9 Å². The molecule has 4 aliphatic rings. The van der Waals surface area contributed by atoms with Crippen LogP contribution in [0, 0.1) is 22.7 Å². The Hall–Kier alpha value is -1.40. The number of fused-ring (bicyclic) bond motifs is 2. The van der Waals surface area contributed by atoms with Gasteiger partial charge in [-0.1, -0.05) is 12.2 Å². The van der Waals surface area contributed by atoms with Crippen molar-refractivity contribution in [3.8, 4) is 0 Å². The minimum absolute atomic E-state index is 0.0693. The van der Waals surface area contributed by atoms with Crippen molar-refractivity contribution >= 4 is 11.9 Å². The molecule has 6 nitrogen and oxygen atoms in total. The second-order valence-corrected chi connectivity index (χ2v) is 6.79. The van der Waals surface area contributed by atoms with Crippen LogP contribution in [0.3, 0.4) is 0 Å². The van der Waals surface area contributed by atoms with Gasteiger partial charge in [-0.3, -0.25) is 9.59 Å². The topological polar surface area (TPSA) is 99.7 Å². The number of aliphatic carboxylic acids is 2. The number of epoxide rings is 2. The highest BCUT2D eigenvalue weighted by Crippen LogP contribution is 2.68. The third kappa shape index (κ3) is 1.72. The van der Waals surface area contributed by atoms with Gasteiger partial charge in [0.2, 0.25) is 0 Å². The maximum Gasteiger partial charge on any atom is 0.311 e. The summed E-state index contributed by atoms with van der Waals surface area (Å²) in [5, 5.41) is 19.6. The van der Waals surface area contributed by atoms with Crippen LogP contribution < -0.4 is 0 Å². The first-order valence-electron chi connectivity index (χ1n) is 7.37. The Balaban J connectivity index is 1.80. The molecule has 0 spiro atoms. The molecular formula is C15H18O6. The maximum absolute atomic E-state index is 12.2. The van der Waals surface area contributed by atoms with E-state index in [1.165, 1.54) is 0 Å². The Morgan fingerprint density at radius 2 is 1.76 bits per heavy atom. The minimum atomic E-state index is -1.27. The van der Waals surface area contributed by atoms with Crippen LogP contribution in [0.1, 0.15) is 19.3 Å². The van der Waals surface area contributed by atoms with E-state index in [2.05, 4.69) is 0 Å². The van der Waals surface area contributed by atoms with Crippen LogP contribution in [0.5, 0.6) is 0 Å². The van der Waals surface area contributed by atoms with Crippen molar-refractivity contribution in [2.24, 2.45) is 22.7 Å². The monoisotopic (exact) mass is 294 g/mol. The normalized spacial score (nSPS) is 49.3. The largest absolute Gasteiger partial charge is 0.481 e. The van der Waals surface area contributed by atoms with Crippen molar-refractivity contribution in [1.29, 1.82) is 0 Å². The predicted molar refractivity (Wildman–Crippen MR) is 69.6 cm³/mol. The van der Waals surface area contributed by atoms with Crippen molar-refractivity contribution in [3.63, 3.8) is 0 Å². The van der Waals surface area contributed by atoms with Gasteiger partial charge in [0.05, 0.1) is 36.8 Å². The molecule has 0 amide bonds. The Kier molecular flexibility index (Phi) is 2.58. The van der Waals surface area contributed by atoms with Gasteiger partial charge in [-0.15, -0.1) is 0 Å². The molecular weight excluding hydrogens is 276 g/mol. The first kappa shape index (κ1) is 13.3. The Bertz CT molecular complexity index is 534. The molecule has 2 aliphatic carbocycles. The fourth-order valence-corrected chi connectivity index (χ4v) is 4.73. The third-order valence-corrected chi connectivity index (χ3v) is 5.70. The SMILES string of the molecule is O=C(O)C1[C@@H]2C=C[C@@](CC3CO3)(C2)C1(CC1CO1)C(=O)O. The number of ether oxygens (including phenoxy) is 2. The zero-order valence-electron chi connectivity index (χ0n) is 11.5. The van der Waals surface area contributed by atoms with Gasteiger partial charge in [0.1, 0.15) is 0 Å². The summed E-state index contributed by atoms with van der Waals surface area (Å²) in [7, 11) is 0. The fraction of sp³-hybridized carbons (Fsp3) is 0.733. The highest BCUT2D eigenvalue weighted by Gasteiger charge is 2.72. The van der Waals surface area contributed by atoms with Crippen molar-refractivity contribution in [3.05, 3.63) is 12.2 Å². The standard InChI is InChI=1S/C15H18O6/c16-12(17)11-8-1-2-14(3-8,4-9-6-20-9)15(11,13(18)19)5-10-7-21-10/h1-2,8-11H,3-7H2,(H,16,17)(H,18,19)/t8-,9?,10?,11?,14+,15?/m1/s1. The van der Waals surface area contributed by atoms with E-state index in [1.54, 1.807) is 0 Å². The number of allylic oxidation sites excluding steroid dienone is 2. The lowest BCUT2D eigenvalue weighted by molar-refractivity contribution is -0.169. The molecule has 2 bridgehead atoms. The van der Waals surface area contributed by atoms with Gasteiger partial charge in [-0.25, -0.2) is 0 Å². The Morgan fingerprint density at radius 3 is 2.29 bits per heavy atom. The van der Waals surface area contributed by atoms with E-state index in [-0.39, 0.29) is 24.5 Å². The molecule has 2 saturated heterocycles. The molecule has 2 aliphatic heterocycles. The molecule has 1 saturated carbocycles. The van der Waals surface area contributed by atoms with Crippen LogP contribution in [0.15, 0.2) is 12.2 Å². The van der Waals surface area contributed by atoms with Crippen molar-refractivity contribution in [1.82, 2.24) is 0 Å². The summed E-state index contributed by atoms with van der Waals surface area (Å²) in [6.07, 6.45) is 5.29. The summed E-state index contributed by atoms with van der Waals surface area (Å²) < 4.78 is 10.5. The van der Waals surface area contributed by atoms with Crippen LogP contribution >= 0.6 is 0 Å². The zero-order chi connectivity index (χ0) is 14.8. The smallest absolute Gasteiger partial charge is 0.311 e. The molecule has 6 heteroatoms. The van der Waals surface area contributed by atoms with Gasteiger partial charge in [-0.05, 0) is 25.2 Å². The summed E-state index contributed by atoms with van der Waals surface area (Å²) in [5.74, 6) is -3.08. The number of hydrogen-bond donors (Lipinski definition) is 2. The van der Waals surface area contributed by atoms with Crippen LogP contribution in [0.4, 0.5) is 0 Å². The molecule has 0 aromatic rings. The predicted octanol–water partition coefficient (Wildman–Crippen LogP) is 0.912. The van der Waals surface area contributed by atoms with Gasteiger partial charge in [0.15, 0.2) is 0 Å². The van der Waals surface area contributed by atoms with Gasteiger partial charge in [0, 0.05) is 5.41 Å². The first-order chi connectivity index (χ1) is 9.98. The fourth-order valence-electron chi connectivity index (χ4n) is 4.73. The van der Waals surface area contributed by atoms with E-state index < -0.39 is 28.7 Å². The number of carboxylic acids is 2. The first-order valence-corrected chi connectivity index (χ1v) is 7.37. The highest BCUT2D eigenvalue weighted by atomic mass is 16.6. The summed E-state index contributed by atoms with van der Waals surface area (Å²) >= 11 is 0. The number of rotatable bonds is 6. The lowest BCUT2D eigenvalue weighted by atomic mass is 9.56. The van der Waals surface area contributed by atoms with Crippen molar-refractivity contribution in [2.75, 3.05) is 13.2 Å². The minimum Gasteiger partial charge on any atom is -0.481 e. The van der Waals surface area contributed by atoms with Crippen molar-refractivity contribution < 1.29 is 29.3 Å². The average Bonchev–Trinajstić information content (AvgIpc) is 3.30. The molecule has 114 valence electrons. The lowest BCUT2D eigenvalue weighted by Gasteiger charge is -2.44. The Morgan fingerprint density at radius 1 is 1.14 bits per heavy atom. The van der Waals surface area contributed by atoms with Crippen LogP contribution in [0.2, 0.25) is 0 Å². The van der Waals surface area contributed by atoms with E-state index in [0.29, 0.717) is 26.1 Å². The molecule has 21 heavy (non-hydrogen) atoms. The van der Waals surface area contributed by atoms with E-state index >= 15 is 0 Å². The summed E-state index contributed by atoms with van der Waals surface area (Å²) in [5.41, 5.74) is -1.88. The third-order valence-electron chi connectivity index (χ3n) is 5.70. The number of carbonyl (C=O) groups is 2. The second kappa shape index (κ2) is 4.08. The van der Waals surface area contributed by atoms with E-state index in [4.69, 9.17) is 9.47 Å². The van der Waals surface area contributed by atoms with E-state index in [0.717, 1.165) is 0 Å². The summed E-state index contributed by atoms with van der Waals surface area (Å²) in [4.78, 5) is 24.0. The summed E-state index contributed by atoms with van der Waals surface area (Å²) in [6, 6.07) is 0. The highest BCUT2D eigenvalue weighted by molar-refractivity contribution is 5.87. The van der Waals surface area contributed by atoms with Crippen LogP contribution in [-0.2, 0) is 19.1 Å². The zero-order valence-corrected chi connectivity index (χ0v) is 11.5. The van der Waals surface area contributed by atoms with Crippen molar-refractivity contribution in [2.45, 2.75) is 31.5 Å². The molecule has 2 heterocycles. The van der Waals surface area contributed by atoms with Crippen LogP contribution in [0.25, 0.3) is 0 Å². The van der Waals surface area contributed by atoms with E-state index in [9.17, 15) is 19.8 Å². The lowest BCUT2D eigenvalue weighted by Crippen LogP contribution is -2.52. The quantitative estimate of drug-likeness (QED) is 0.558. The molecule has 2 N–H and O–H groups in total. The second-order valence-electron chi connectivity index (χ2n) is 6.79. The molecule has 3 fully saturated rings. The summed E-state index contributed by atoms with van der Waals surface area (Å²) in [6.45, 7) is 1.18. The Labute approximate surface area is 121 Å². The van der Waals surface area contributed by atoms with Crippen LogP contribution in [-0.4, -0.2) is 47.6 Å². The maximum atomic E-state index is 12.2. The van der Waals surface area contributed by atoms with Gasteiger partial charge in [0.25, 0.3) is 0 Å². The molecule has 6 atom stereocenters. The van der Waals surface area contributed by atoms with Gasteiger partial charge < -0.3 is 19.7 Å². The average molecular weight is 294 g/mol. The van der Waals surface area contributed by atoms with Gasteiger partial charge in [-0.2, -0.15) is 0 Å². The number of carboxylic acid groups (broad SMARTS) is 2. The molecule has 4 rings (SSSR count). The number of hydrogen-bond acceptors (Lipinski definition) is 4. The van der Waals surface area contributed by atoms with E-state index in [1.807, 2.05) is 12.2 Å². The molecule has 0 radical (unpaired) electrons.